The fourth-order valence-electron chi connectivity index (χ4n) is 2.08. The smallest absolute Gasteiger partial charge is 0.0871 e. The van der Waals surface area contributed by atoms with E-state index in [0.29, 0.717) is 11.6 Å². The molecule has 0 saturated carbocycles. The Kier molecular flexibility index (Phi) is 4.99. The number of nitrogens with two attached hydrogens (primary N) is 1. The number of hydrogen-bond acceptors (Lipinski definition) is 2. The first-order chi connectivity index (χ1) is 9.11. The van der Waals surface area contributed by atoms with Crippen molar-refractivity contribution in [3.05, 3.63) is 69.2 Å². The molecular formula is C15H15BrClNO. The summed E-state index contributed by atoms with van der Waals surface area (Å²) in [6.07, 6.45) is -0.635. The zero-order valence-electron chi connectivity index (χ0n) is 10.3. The molecule has 0 aromatic heterocycles. The Morgan fingerprint density at radius 2 is 1.79 bits per heavy atom. The Labute approximate surface area is 126 Å². The minimum atomic E-state index is -0.635. The van der Waals surface area contributed by atoms with Crippen LogP contribution >= 0.6 is 27.5 Å². The van der Waals surface area contributed by atoms with Crippen molar-refractivity contribution >= 4 is 27.5 Å². The molecule has 2 aromatic rings. The van der Waals surface area contributed by atoms with Gasteiger partial charge in [-0.2, -0.15) is 0 Å². The molecule has 19 heavy (non-hydrogen) atoms. The summed E-state index contributed by atoms with van der Waals surface area (Å²) in [5.41, 5.74) is 7.65. The van der Waals surface area contributed by atoms with E-state index in [9.17, 15) is 5.11 Å². The van der Waals surface area contributed by atoms with Crippen molar-refractivity contribution in [3.8, 4) is 0 Å². The topological polar surface area (TPSA) is 46.2 Å². The van der Waals surface area contributed by atoms with E-state index in [1.807, 2.05) is 48.5 Å². The van der Waals surface area contributed by atoms with Crippen LogP contribution in [0.25, 0.3) is 0 Å². The van der Waals surface area contributed by atoms with E-state index in [2.05, 4.69) is 15.9 Å². The molecule has 4 heteroatoms. The van der Waals surface area contributed by atoms with Crippen LogP contribution in [0.3, 0.4) is 0 Å². The molecular weight excluding hydrogens is 326 g/mol. The van der Waals surface area contributed by atoms with Gasteiger partial charge in [0.05, 0.1) is 6.10 Å². The average Bonchev–Trinajstić information content (AvgIpc) is 2.41. The first kappa shape index (κ1) is 14.5. The van der Waals surface area contributed by atoms with Gasteiger partial charge in [0.15, 0.2) is 0 Å². The third-order valence-electron chi connectivity index (χ3n) is 3.12. The van der Waals surface area contributed by atoms with Crippen LogP contribution in [0.2, 0.25) is 5.02 Å². The quantitative estimate of drug-likeness (QED) is 0.887. The minimum Gasteiger partial charge on any atom is -0.388 e. The molecule has 0 aliphatic carbocycles. The minimum absolute atomic E-state index is 0.147. The van der Waals surface area contributed by atoms with Crippen LogP contribution in [0.1, 0.15) is 23.1 Å². The Morgan fingerprint density at radius 3 is 2.37 bits per heavy atom. The highest BCUT2D eigenvalue weighted by Gasteiger charge is 2.21. The molecule has 0 amide bonds. The SMILES string of the molecule is NCC(c1ccc(Cl)cc1)C(O)c1cccc(Br)c1. The molecule has 2 aromatic carbocycles. The van der Waals surface area contributed by atoms with Crippen molar-refractivity contribution < 1.29 is 5.11 Å². The second kappa shape index (κ2) is 6.53. The summed E-state index contributed by atoms with van der Waals surface area (Å²) in [7, 11) is 0. The summed E-state index contributed by atoms with van der Waals surface area (Å²) in [5.74, 6) is -0.147. The number of rotatable bonds is 4. The normalized spacial score (nSPS) is 14.1. The first-order valence-corrected chi connectivity index (χ1v) is 7.18. The molecule has 2 unspecified atom stereocenters. The number of halogens is 2. The predicted octanol–water partition coefficient (Wildman–Crippen LogP) is 3.88. The average molecular weight is 341 g/mol. The molecule has 0 heterocycles. The summed E-state index contributed by atoms with van der Waals surface area (Å²) in [4.78, 5) is 0. The van der Waals surface area contributed by atoms with Gasteiger partial charge in [0, 0.05) is 22.0 Å². The van der Waals surface area contributed by atoms with Crippen molar-refractivity contribution in [2.75, 3.05) is 6.54 Å². The van der Waals surface area contributed by atoms with Crippen LogP contribution in [0.4, 0.5) is 0 Å². The summed E-state index contributed by atoms with van der Waals surface area (Å²) < 4.78 is 0.941. The maximum atomic E-state index is 10.5. The Balaban J connectivity index is 2.28. The monoisotopic (exact) mass is 339 g/mol. The summed E-state index contributed by atoms with van der Waals surface area (Å²) in [6, 6.07) is 15.1. The zero-order valence-corrected chi connectivity index (χ0v) is 12.6. The van der Waals surface area contributed by atoms with Crippen LogP contribution in [-0.4, -0.2) is 11.7 Å². The number of aliphatic hydroxyl groups excluding tert-OH is 1. The van der Waals surface area contributed by atoms with Gasteiger partial charge < -0.3 is 10.8 Å². The molecule has 0 spiro atoms. The van der Waals surface area contributed by atoms with Gasteiger partial charge in [-0.05, 0) is 35.4 Å². The van der Waals surface area contributed by atoms with E-state index < -0.39 is 6.10 Å². The highest BCUT2D eigenvalue weighted by Crippen LogP contribution is 2.31. The Hall–Kier alpha value is -0.870. The van der Waals surface area contributed by atoms with Crippen molar-refractivity contribution in [1.29, 1.82) is 0 Å². The van der Waals surface area contributed by atoms with Gasteiger partial charge in [0.1, 0.15) is 0 Å². The molecule has 2 atom stereocenters. The molecule has 2 rings (SSSR count). The van der Waals surface area contributed by atoms with E-state index in [1.54, 1.807) is 0 Å². The largest absolute Gasteiger partial charge is 0.388 e. The second-order valence-electron chi connectivity index (χ2n) is 4.39. The van der Waals surface area contributed by atoms with Crippen molar-refractivity contribution in [2.24, 2.45) is 5.73 Å². The highest BCUT2D eigenvalue weighted by molar-refractivity contribution is 9.10. The van der Waals surface area contributed by atoms with Crippen molar-refractivity contribution in [1.82, 2.24) is 0 Å². The van der Waals surface area contributed by atoms with Crippen LogP contribution in [0, 0.1) is 0 Å². The third kappa shape index (κ3) is 3.57. The first-order valence-electron chi connectivity index (χ1n) is 6.01. The third-order valence-corrected chi connectivity index (χ3v) is 3.87. The van der Waals surface area contributed by atoms with E-state index in [1.165, 1.54) is 0 Å². The maximum Gasteiger partial charge on any atom is 0.0871 e. The van der Waals surface area contributed by atoms with E-state index >= 15 is 0 Å². The van der Waals surface area contributed by atoms with Crippen LogP contribution in [-0.2, 0) is 0 Å². The second-order valence-corrected chi connectivity index (χ2v) is 5.75. The number of benzene rings is 2. The lowest BCUT2D eigenvalue weighted by atomic mass is 9.89. The van der Waals surface area contributed by atoms with E-state index in [4.69, 9.17) is 17.3 Å². The Morgan fingerprint density at radius 1 is 1.11 bits per heavy atom. The van der Waals surface area contributed by atoms with Gasteiger partial charge in [-0.15, -0.1) is 0 Å². The predicted molar refractivity (Wildman–Crippen MR) is 82.3 cm³/mol. The fourth-order valence-corrected chi connectivity index (χ4v) is 2.62. The fraction of sp³-hybridized carbons (Fsp3) is 0.200. The van der Waals surface area contributed by atoms with Gasteiger partial charge in [-0.25, -0.2) is 0 Å². The molecule has 0 saturated heterocycles. The lowest BCUT2D eigenvalue weighted by Gasteiger charge is -2.22. The molecule has 0 bridgehead atoms. The van der Waals surface area contributed by atoms with Gasteiger partial charge in [-0.3, -0.25) is 0 Å². The van der Waals surface area contributed by atoms with Gasteiger partial charge in [-0.1, -0.05) is 51.8 Å². The van der Waals surface area contributed by atoms with Crippen LogP contribution in [0.15, 0.2) is 53.0 Å². The van der Waals surface area contributed by atoms with E-state index in [-0.39, 0.29) is 5.92 Å². The molecule has 0 aliphatic rings. The maximum absolute atomic E-state index is 10.5. The molecule has 2 nitrogen and oxygen atoms in total. The molecule has 0 radical (unpaired) electrons. The van der Waals surface area contributed by atoms with Gasteiger partial charge in [0.25, 0.3) is 0 Å². The zero-order chi connectivity index (χ0) is 13.8. The Bertz CT molecular complexity index is 544. The van der Waals surface area contributed by atoms with Gasteiger partial charge in [0.2, 0.25) is 0 Å². The lowest BCUT2D eigenvalue weighted by molar-refractivity contribution is 0.147. The summed E-state index contributed by atoms with van der Waals surface area (Å²) in [6.45, 7) is 0.370. The standard InChI is InChI=1S/C15H15BrClNO/c16-12-3-1-2-11(8-12)15(19)14(9-18)10-4-6-13(17)7-5-10/h1-8,14-15,19H,9,18H2. The molecule has 0 fully saturated rings. The number of aliphatic hydroxyl groups is 1. The highest BCUT2D eigenvalue weighted by atomic mass is 79.9. The molecule has 100 valence electrons. The molecule has 3 N–H and O–H groups in total. The summed E-state index contributed by atoms with van der Waals surface area (Å²) in [5, 5.41) is 11.2. The van der Waals surface area contributed by atoms with Crippen LogP contribution < -0.4 is 5.73 Å². The van der Waals surface area contributed by atoms with Crippen molar-refractivity contribution in [2.45, 2.75) is 12.0 Å². The van der Waals surface area contributed by atoms with E-state index in [0.717, 1.165) is 15.6 Å². The molecule has 0 aliphatic heterocycles. The van der Waals surface area contributed by atoms with Gasteiger partial charge >= 0.3 is 0 Å². The lowest BCUT2D eigenvalue weighted by Crippen LogP contribution is -2.20. The summed E-state index contributed by atoms with van der Waals surface area (Å²) >= 11 is 9.28. The van der Waals surface area contributed by atoms with Crippen LogP contribution in [0.5, 0.6) is 0 Å². The van der Waals surface area contributed by atoms with Crippen molar-refractivity contribution in [3.63, 3.8) is 0 Å². The number of hydrogen-bond donors (Lipinski definition) is 2.